The van der Waals surface area contributed by atoms with E-state index in [9.17, 15) is 9.59 Å². The van der Waals surface area contributed by atoms with Crippen molar-refractivity contribution in [3.05, 3.63) is 41.7 Å². The van der Waals surface area contributed by atoms with Crippen molar-refractivity contribution < 1.29 is 14.0 Å². The SMILES string of the molecule is CCN1C(=O)Cc2cc(-c3ccc(C=O)o3)ccc21. The minimum absolute atomic E-state index is 0.127. The van der Waals surface area contributed by atoms with Gasteiger partial charge in [-0.3, -0.25) is 9.59 Å². The van der Waals surface area contributed by atoms with Gasteiger partial charge in [-0.2, -0.15) is 0 Å². The standard InChI is InChI=1S/C15H13NO3/c1-2-16-13-5-3-10(7-11(13)8-15(16)18)14-6-4-12(9-17)19-14/h3-7,9H,2,8H2,1H3. The van der Waals surface area contributed by atoms with Gasteiger partial charge in [-0.15, -0.1) is 0 Å². The van der Waals surface area contributed by atoms with E-state index in [1.54, 1.807) is 17.0 Å². The third-order valence-corrected chi connectivity index (χ3v) is 3.36. The summed E-state index contributed by atoms with van der Waals surface area (Å²) in [6.45, 7) is 2.64. The molecule has 0 N–H and O–H groups in total. The minimum Gasteiger partial charge on any atom is -0.453 e. The first-order valence-electron chi connectivity index (χ1n) is 6.21. The zero-order valence-electron chi connectivity index (χ0n) is 10.6. The second-order valence-electron chi connectivity index (χ2n) is 4.48. The molecule has 0 radical (unpaired) electrons. The molecule has 0 saturated carbocycles. The average molecular weight is 255 g/mol. The maximum absolute atomic E-state index is 11.8. The van der Waals surface area contributed by atoms with E-state index >= 15 is 0 Å². The van der Waals surface area contributed by atoms with Crippen LogP contribution in [0.5, 0.6) is 0 Å². The molecule has 4 nitrogen and oxygen atoms in total. The van der Waals surface area contributed by atoms with Crippen molar-refractivity contribution >= 4 is 17.9 Å². The predicted molar refractivity (Wildman–Crippen MR) is 71.3 cm³/mol. The summed E-state index contributed by atoms with van der Waals surface area (Å²) in [6.07, 6.45) is 1.11. The van der Waals surface area contributed by atoms with Gasteiger partial charge in [0.25, 0.3) is 0 Å². The molecule has 0 aliphatic carbocycles. The number of hydrogen-bond donors (Lipinski definition) is 0. The lowest BCUT2D eigenvalue weighted by Crippen LogP contribution is -2.25. The van der Waals surface area contributed by atoms with Crippen LogP contribution in [-0.2, 0) is 11.2 Å². The lowest BCUT2D eigenvalue weighted by molar-refractivity contribution is -0.117. The second kappa shape index (κ2) is 4.39. The summed E-state index contributed by atoms with van der Waals surface area (Å²) < 4.78 is 5.39. The number of likely N-dealkylation sites (N-methyl/N-ethyl adjacent to an activating group) is 1. The minimum atomic E-state index is 0.127. The number of nitrogens with zero attached hydrogens (tertiary/aromatic N) is 1. The summed E-state index contributed by atoms with van der Waals surface area (Å²) in [5.41, 5.74) is 2.87. The molecule has 0 atom stereocenters. The highest BCUT2D eigenvalue weighted by molar-refractivity contribution is 6.01. The van der Waals surface area contributed by atoms with Crippen molar-refractivity contribution in [3.8, 4) is 11.3 Å². The molecule has 1 aromatic carbocycles. The predicted octanol–water partition coefficient (Wildman–Crippen LogP) is 2.67. The van der Waals surface area contributed by atoms with Crippen LogP contribution in [0.1, 0.15) is 23.0 Å². The zero-order chi connectivity index (χ0) is 13.4. The Bertz CT molecular complexity index is 657. The first-order chi connectivity index (χ1) is 9.22. The maximum Gasteiger partial charge on any atom is 0.231 e. The highest BCUT2D eigenvalue weighted by atomic mass is 16.3. The van der Waals surface area contributed by atoms with Gasteiger partial charge < -0.3 is 9.32 Å². The summed E-state index contributed by atoms with van der Waals surface area (Å²) in [4.78, 5) is 24.2. The Kier molecular flexibility index (Phi) is 2.71. The van der Waals surface area contributed by atoms with Gasteiger partial charge in [0.1, 0.15) is 5.76 Å². The van der Waals surface area contributed by atoms with Gasteiger partial charge in [0.05, 0.1) is 6.42 Å². The molecule has 1 aliphatic rings. The van der Waals surface area contributed by atoms with E-state index in [2.05, 4.69) is 0 Å². The topological polar surface area (TPSA) is 50.5 Å². The van der Waals surface area contributed by atoms with E-state index in [-0.39, 0.29) is 5.91 Å². The van der Waals surface area contributed by atoms with Crippen LogP contribution >= 0.6 is 0 Å². The van der Waals surface area contributed by atoms with Crippen LogP contribution in [0.15, 0.2) is 34.7 Å². The van der Waals surface area contributed by atoms with Gasteiger partial charge in [0.15, 0.2) is 12.0 Å². The molecule has 19 heavy (non-hydrogen) atoms. The van der Waals surface area contributed by atoms with Gasteiger partial charge in [0.2, 0.25) is 5.91 Å². The number of fused-ring (bicyclic) bond motifs is 1. The van der Waals surface area contributed by atoms with Crippen molar-refractivity contribution in [1.29, 1.82) is 0 Å². The Morgan fingerprint density at radius 1 is 1.32 bits per heavy atom. The van der Waals surface area contributed by atoms with Gasteiger partial charge in [-0.25, -0.2) is 0 Å². The monoisotopic (exact) mass is 255 g/mol. The fourth-order valence-corrected chi connectivity index (χ4v) is 2.45. The molecule has 2 heterocycles. The second-order valence-corrected chi connectivity index (χ2v) is 4.48. The normalized spacial score (nSPS) is 13.7. The Balaban J connectivity index is 2.01. The van der Waals surface area contributed by atoms with Gasteiger partial charge in [0, 0.05) is 17.8 Å². The molecule has 0 saturated heterocycles. The number of carbonyl (C=O) groups excluding carboxylic acids is 2. The van der Waals surface area contributed by atoms with E-state index in [0.717, 1.165) is 16.8 Å². The molecule has 1 amide bonds. The third-order valence-electron chi connectivity index (χ3n) is 3.36. The van der Waals surface area contributed by atoms with Crippen molar-refractivity contribution in [3.63, 3.8) is 0 Å². The molecule has 3 rings (SSSR count). The summed E-state index contributed by atoms with van der Waals surface area (Å²) >= 11 is 0. The Morgan fingerprint density at radius 2 is 2.16 bits per heavy atom. The Hall–Kier alpha value is -2.36. The Labute approximate surface area is 110 Å². The van der Waals surface area contributed by atoms with Crippen LogP contribution in [0.4, 0.5) is 5.69 Å². The molecule has 1 aliphatic heterocycles. The van der Waals surface area contributed by atoms with Crippen molar-refractivity contribution in [2.24, 2.45) is 0 Å². The Morgan fingerprint density at radius 3 is 2.84 bits per heavy atom. The number of carbonyl (C=O) groups is 2. The highest BCUT2D eigenvalue weighted by Gasteiger charge is 2.26. The smallest absolute Gasteiger partial charge is 0.231 e. The van der Waals surface area contributed by atoms with Crippen LogP contribution in [0.3, 0.4) is 0 Å². The number of rotatable bonds is 3. The van der Waals surface area contributed by atoms with Crippen molar-refractivity contribution in [2.75, 3.05) is 11.4 Å². The van der Waals surface area contributed by atoms with Gasteiger partial charge >= 0.3 is 0 Å². The zero-order valence-corrected chi connectivity index (χ0v) is 10.6. The quantitative estimate of drug-likeness (QED) is 0.792. The molecule has 2 aromatic rings. The fraction of sp³-hybridized carbons (Fsp3) is 0.200. The van der Waals surface area contributed by atoms with Crippen LogP contribution in [0.25, 0.3) is 11.3 Å². The number of amides is 1. The average Bonchev–Trinajstić information content (AvgIpc) is 3.00. The van der Waals surface area contributed by atoms with Crippen LogP contribution in [-0.4, -0.2) is 18.7 Å². The molecule has 0 spiro atoms. The molecule has 1 aromatic heterocycles. The lowest BCUT2D eigenvalue weighted by atomic mass is 10.1. The maximum atomic E-state index is 11.8. The number of hydrogen-bond acceptors (Lipinski definition) is 3. The first-order valence-corrected chi connectivity index (χ1v) is 6.21. The van der Waals surface area contributed by atoms with Gasteiger partial charge in [-0.1, -0.05) is 0 Å². The van der Waals surface area contributed by atoms with Crippen molar-refractivity contribution in [2.45, 2.75) is 13.3 Å². The van der Waals surface area contributed by atoms with E-state index in [1.807, 2.05) is 25.1 Å². The van der Waals surface area contributed by atoms with E-state index in [0.29, 0.717) is 30.8 Å². The largest absolute Gasteiger partial charge is 0.453 e. The lowest BCUT2D eigenvalue weighted by Gasteiger charge is -2.14. The molecule has 0 bridgehead atoms. The first kappa shape index (κ1) is 11.7. The van der Waals surface area contributed by atoms with E-state index in [4.69, 9.17) is 4.42 Å². The summed E-state index contributed by atoms with van der Waals surface area (Å²) in [7, 11) is 0. The van der Waals surface area contributed by atoms with Gasteiger partial charge in [-0.05, 0) is 42.8 Å². The number of furan rings is 1. The third kappa shape index (κ3) is 1.85. The number of aldehydes is 1. The van der Waals surface area contributed by atoms with Crippen LogP contribution in [0.2, 0.25) is 0 Å². The molecule has 96 valence electrons. The summed E-state index contributed by atoms with van der Waals surface area (Å²) in [5.74, 6) is 1.08. The fourth-order valence-electron chi connectivity index (χ4n) is 2.45. The molecular formula is C15H13NO3. The van der Waals surface area contributed by atoms with E-state index in [1.165, 1.54) is 0 Å². The summed E-state index contributed by atoms with van der Waals surface area (Å²) in [5, 5.41) is 0. The number of benzene rings is 1. The summed E-state index contributed by atoms with van der Waals surface area (Å²) in [6, 6.07) is 9.20. The molecule has 0 fully saturated rings. The number of anilines is 1. The van der Waals surface area contributed by atoms with Crippen LogP contribution in [0, 0.1) is 0 Å². The van der Waals surface area contributed by atoms with Crippen LogP contribution < -0.4 is 4.90 Å². The molecular weight excluding hydrogens is 242 g/mol. The highest BCUT2D eigenvalue weighted by Crippen LogP contribution is 2.33. The van der Waals surface area contributed by atoms with E-state index < -0.39 is 0 Å². The van der Waals surface area contributed by atoms with Crippen molar-refractivity contribution in [1.82, 2.24) is 0 Å². The molecule has 4 heteroatoms. The molecule has 0 unspecified atom stereocenters.